The van der Waals surface area contributed by atoms with Crippen LogP contribution in [0.2, 0.25) is 0 Å². The van der Waals surface area contributed by atoms with Gasteiger partial charge in [-0.25, -0.2) is 4.79 Å². The molecule has 0 fully saturated rings. The summed E-state index contributed by atoms with van der Waals surface area (Å²) >= 11 is 1.28. The Hall–Kier alpha value is -2.68. The Labute approximate surface area is 175 Å². The quantitative estimate of drug-likeness (QED) is 0.510. The normalized spacial score (nSPS) is 12.7. The molecule has 9 heteroatoms. The number of hydrogen-bond donors (Lipinski definition) is 3. The third-order valence-electron chi connectivity index (χ3n) is 4.59. The summed E-state index contributed by atoms with van der Waals surface area (Å²) in [4.78, 5) is 24.9. The van der Waals surface area contributed by atoms with Gasteiger partial charge in [0.15, 0.2) is 0 Å². The van der Waals surface area contributed by atoms with Gasteiger partial charge >= 0.3 is 6.03 Å². The van der Waals surface area contributed by atoms with E-state index in [1.165, 1.54) is 11.3 Å². The molecule has 0 saturated carbocycles. The van der Waals surface area contributed by atoms with Crippen LogP contribution in [0.5, 0.6) is 5.75 Å². The Morgan fingerprint density at radius 2 is 1.90 bits per heavy atom. The van der Waals surface area contributed by atoms with Gasteiger partial charge in [-0.3, -0.25) is 10.1 Å². The first-order valence-corrected chi connectivity index (χ1v) is 10.6. The van der Waals surface area contributed by atoms with E-state index in [0.717, 1.165) is 30.6 Å². The van der Waals surface area contributed by atoms with Gasteiger partial charge in [0.1, 0.15) is 16.8 Å². The fourth-order valence-corrected chi connectivity index (χ4v) is 3.33. The number of rotatable bonds is 10. The number of methoxy groups -OCH3 is 1. The van der Waals surface area contributed by atoms with E-state index in [1.54, 1.807) is 7.11 Å². The number of anilines is 1. The summed E-state index contributed by atoms with van der Waals surface area (Å²) < 4.78 is 5.16. The van der Waals surface area contributed by atoms with Crippen LogP contribution in [0.15, 0.2) is 24.3 Å². The van der Waals surface area contributed by atoms with E-state index in [0.29, 0.717) is 16.7 Å². The molecule has 2 atom stereocenters. The Morgan fingerprint density at radius 3 is 2.52 bits per heavy atom. The molecule has 3 amide bonds. The number of carbonyl (C=O) groups excluding carboxylic acids is 2. The lowest BCUT2D eigenvalue weighted by molar-refractivity contribution is -0.119. The molecule has 0 aliphatic heterocycles. The van der Waals surface area contributed by atoms with Crippen molar-refractivity contribution in [2.24, 2.45) is 5.92 Å². The van der Waals surface area contributed by atoms with Crippen LogP contribution in [0, 0.1) is 5.92 Å². The first-order chi connectivity index (χ1) is 14.0. The molecule has 2 aromatic rings. The minimum absolute atomic E-state index is 0.0269. The number of ether oxygens (including phenoxy) is 1. The van der Waals surface area contributed by atoms with E-state index in [2.05, 4.69) is 33.1 Å². The predicted molar refractivity (Wildman–Crippen MR) is 115 cm³/mol. The van der Waals surface area contributed by atoms with Gasteiger partial charge in [0, 0.05) is 12.1 Å². The summed E-state index contributed by atoms with van der Waals surface area (Å²) in [5, 5.41) is 17.6. The van der Waals surface area contributed by atoms with Crippen LogP contribution in [0.3, 0.4) is 0 Å². The molecular formula is C20H29N5O3S. The predicted octanol–water partition coefficient (Wildman–Crippen LogP) is 3.67. The number of amides is 3. The second-order valence-electron chi connectivity index (χ2n) is 6.75. The van der Waals surface area contributed by atoms with Crippen LogP contribution in [0.1, 0.15) is 40.0 Å². The van der Waals surface area contributed by atoms with Crippen molar-refractivity contribution in [1.29, 1.82) is 0 Å². The Bertz CT molecular complexity index is 794. The van der Waals surface area contributed by atoms with Crippen molar-refractivity contribution in [1.82, 2.24) is 20.8 Å². The molecule has 0 saturated heterocycles. The molecule has 29 heavy (non-hydrogen) atoms. The Kier molecular flexibility index (Phi) is 8.85. The van der Waals surface area contributed by atoms with E-state index < -0.39 is 6.04 Å². The summed E-state index contributed by atoms with van der Waals surface area (Å²) in [5.41, 5.74) is 0.885. The molecule has 0 spiro atoms. The maximum Gasteiger partial charge on any atom is 0.315 e. The smallest absolute Gasteiger partial charge is 0.315 e. The number of aromatic nitrogens is 2. The lowest BCUT2D eigenvalue weighted by atomic mass is 9.98. The first kappa shape index (κ1) is 22.6. The molecule has 1 heterocycles. The highest BCUT2D eigenvalue weighted by Gasteiger charge is 2.26. The van der Waals surface area contributed by atoms with Gasteiger partial charge < -0.3 is 15.4 Å². The second-order valence-corrected chi connectivity index (χ2v) is 7.72. The SMILES string of the molecule is CCCCNC(=O)N[C@@H](C(=O)Nc1nnc(-c2ccc(OC)cc2)s1)[C@H](C)CC. The van der Waals surface area contributed by atoms with Crippen molar-refractivity contribution < 1.29 is 14.3 Å². The average molecular weight is 420 g/mol. The molecule has 2 rings (SSSR count). The molecule has 0 unspecified atom stereocenters. The van der Waals surface area contributed by atoms with Gasteiger partial charge in [-0.1, -0.05) is 44.9 Å². The number of urea groups is 1. The number of carbonyl (C=O) groups is 2. The Morgan fingerprint density at radius 1 is 1.17 bits per heavy atom. The highest BCUT2D eigenvalue weighted by Crippen LogP contribution is 2.28. The van der Waals surface area contributed by atoms with Crippen LogP contribution in [0.4, 0.5) is 9.93 Å². The average Bonchev–Trinajstić information content (AvgIpc) is 3.20. The molecule has 0 aliphatic rings. The summed E-state index contributed by atoms with van der Waals surface area (Å²) in [5.74, 6) is 0.426. The lowest BCUT2D eigenvalue weighted by Crippen LogP contribution is -2.51. The van der Waals surface area contributed by atoms with Crippen LogP contribution in [-0.4, -0.2) is 41.8 Å². The summed E-state index contributed by atoms with van der Waals surface area (Å²) in [7, 11) is 1.61. The summed E-state index contributed by atoms with van der Waals surface area (Å²) in [6.07, 6.45) is 2.64. The minimum atomic E-state index is -0.657. The summed E-state index contributed by atoms with van der Waals surface area (Å²) in [6, 6.07) is 6.46. The van der Waals surface area contributed by atoms with Crippen molar-refractivity contribution in [2.45, 2.75) is 46.1 Å². The molecule has 8 nitrogen and oxygen atoms in total. The zero-order valence-corrected chi connectivity index (χ0v) is 18.1. The molecule has 0 radical (unpaired) electrons. The van der Waals surface area contributed by atoms with Crippen molar-refractivity contribution in [3.63, 3.8) is 0 Å². The second kappa shape index (κ2) is 11.4. The molecule has 1 aromatic heterocycles. The molecule has 0 bridgehead atoms. The third-order valence-corrected chi connectivity index (χ3v) is 5.48. The van der Waals surface area contributed by atoms with E-state index in [9.17, 15) is 9.59 Å². The van der Waals surface area contributed by atoms with Gasteiger partial charge in [0.05, 0.1) is 7.11 Å². The van der Waals surface area contributed by atoms with Crippen molar-refractivity contribution >= 4 is 28.4 Å². The van der Waals surface area contributed by atoms with Gasteiger partial charge in [0.2, 0.25) is 11.0 Å². The van der Waals surface area contributed by atoms with Gasteiger partial charge in [-0.05, 0) is 36.6 Å². The summed E-state index contributed by atoms with van der Waals surface area (Å²) in [6.45, 7) is 6.55. The van der Waals surface area contributed by atoms with Crippen molar-refractivity contribution in [3.05, 3.63) is 24.3 Å². The van der Waals surface area contributed by atoms with Crippen molar-refractivity contribution in [2.75, 3.05) is 19.0 Å². The van der Waals surface area contributed by atoms with E-state index in [4.69, 9.17) is 4.74 Å². The van der Waals surface area contributed by atoms with Crippen LogP contribution < -0.4 is 20.7 Å². The van der Waals surface area contributed by atoms with Crippen LogP contribution >= 0.6 is 11.3 Å². The van der Waals surface area contributed by atoms with Gasteiger partial charge in [-0.2, -0.15) is 0 Å². The molecule has 158 valence electrons. The van der Waals surface area contributed by atoms with E-state index >= 15 is 0 Å². The van der Waals surface area contributed by atoms with Gasteiger partial charge in [0.25, 0.3) is 0 Å². The number of hydrogen-bond acceptors (Lipinski definition) is 6. The fraction of sp³-hybridized carbons (Fsp3) is 0.500. The lowest BCUT2D eigenvalue weighted by Gasteiger charge is -2.23. The monoisotopic (exact) mass is 419 g/mol. The zero-order valence-electron chi connectivity index (χ0n) is 17.3. The Balaban J connectivity index is 2.02. The van der Waals surface area contributed by atoms with Crippen LogP contribution in [-0.2, 0) is 4.79 Å². The number of unbranched alkanes of at least 4 members (excludes halogenated alkanes) is 1. The van der Waals surface area contributed by atoms with Gasteiger partial charge in [-0.15, -0.1) is 10.2 Å². The minimum Gasteiger partial charge on any atom is -0.497 e. The maximum atomic E-state index is 12.8. The zero-order chi connectivity index (χ0) is 21.2. The van der Waals surface area contributed by atoms with E-state index in [-0.39, 0.29) is 17.9 Å². The number of nitrogens with zero attached hydrogens (tertiary/aromatic N) is 2. The molecular weight excluding hydrogens is 390 g/mol. The van der Waals surface area contributed by atoms with Crippen molar-refractivity contribution in [3.8, 4) is 16.3 Å². The largest absolute Gasteiger partial charge is 0.497 e. The highest BCUT2D eigenvalue weighted by atomic mass is 32.1. The molecule has 3 N–H and O–H groups in total. The third kappa shape index (κ3) is 6.70. The topological polar surface area (TPSA) is 105 Å². The standard InChI is InChI=1S/C20H29N5O3S/c1-5-7-12-21-19(27)22-16(13(3)6-2)17(26)23-20-25-24-18(29-20)14-8-10-15(28-4)11-9-14/h8-11,13,16H,5-7,12H2,1-4H3,(H2,21,22,27)(H,23,25,26)/t13-,16-/m1/s1. The first-order valence-electron chi connectivity index (χ1n) is 9.81. The fourth-order valence-electron chi connectivity index (χ4n) is 2.58. The molecule has 1 aromatic carbocycles. The maximum absolute atomic E-state index is 12.8. The van der Waals surface area contributed by atoms with E-state index in [1.807, 2.05) is 38.1 Å². The number of nitrogens with one attached hydrogen (secondary N) is 3. The number of benzene rings is 1. The highest BCUT2D eigenvalue weighted by molar-refractivity contribution is 7.18. The van der Waals surface area contributed by atoms with Crippen LogP contribution in [0.25, 0.3) is 10.6 Å². The molecule has 0 aliphatic carbocycles.